The summed E-state index contributed by atoms with van der Waals surface area (Å²) in [5.41, 5.74) is 3.79. The fourth-order valence-electron chi connectivity index (χ4n) is 3.95. The van der Waals surface area contributed by atoms with Crippen molar-refractivity contribution in [1.29, 1.82) is 5.26 Å². The van der Waals surface area contributed by atoms with E-state index in [0.29, 0.717) is 16.5 Å². The third-order valence-electron chi connectivity index (χ3n) is 5.67. The van der Waals surface area contributed by atoms with Gasteiger partial charge in [0.05, 0.1) is 30.2 Å². The highest BCUT2D eigenvalue weighted by Gasteiger charge is 2.47. The Balaban J connectivity index is 1.53. The summed E-state index contributed by atoms with van der Waals surface area (Å²) in [4.78, 5) is 34.4. The van der Waals surface area contributed by atoms with E-state index in [1.165, 1.54) is 12.3 Å². The van der Waals surface area contributed by atoms with Gasteiger partial charge in [0.25, 0.3) is 11.8 Å². The molecule has 9 heteroatoms. The predicted molar refractivity (Wildman–Crippen MR) is 123 cm³/mol. The molecule has 0 radical (unpaired) electrons. The molecule has 0 saturated carbocycles. The second-order valence-electron chi connectivity index (χ2n) is 8.11. The van der Waals surface area contributed by atoms with Gasteiger partial charge in [-0.25, -0.2) is 8.78 Å². The van der Waals surface area contributed by atoms with Crippen LogP contribution in [0.15, 0.2) is 55.0 Å². The molecular weight excluding hydrogens is 440 g/mol. The van der Waals surface area contributed by atoms with Crippen LogP contribution >= 0.6 is 0 Å². The van der Waals surface area contributed by atoms with Crippen molar-refractivity contribution in [2.24, 2.45) is 0 Å². The molecule has 1 aliphatic rings. The Bertz CT molecular complexity index is 1320. The smallest absolute Gasteiger partial charge is 0.268 e. The maximum Gasteiger partial charge on any atom is 0.268 e. The molecule has 2 aromatic heterocycles. The molecule has 1 aromatic carbocycles. The lowest BCUT2D eigenvalue weighted by Gasteiger charge is -2.19. The number of halogens is 2. The zero-order valence-electron chi connectivity index (χ0n) is 18.3. The number of amides is 2. The van der Waals surface area contributed by atoms with Crippen LogP contribution in [0.3, 0.4) is 0 Å². The molecule has 0 bridgehead atoms. The van der Waals surface area contributed by atoms with E-state index in [1.807, 2.05) is 37.3 Å². The minimum absolute atomic E-state index is 0.304. The van der Waals surface area contributed by atoms with Crippen molar-refractivity contribution in [2.75, 3.05) is 13.1 Å². The van der Waals surface area contributed by atoms with Gasteiger partial charge in [-0.05, 0) is 54.0 Å². The first-order valence-corrected chi connectivity index (χ1v) is 10.6. The molecule has 1 fully saturated rings. The number of carbonyl (C=O) groups excluding carboxylic acids is 2. The number of carbonyl (C=O) groups is 2. The van der Waals surface area contributed by atoms with E-state index in [2.05, 4.69) is 15.3 Å². The Morgan fingerprint density at radius 1 is 1.24 bits per heavy atom. The third-order valence-corrected chi connectivity index (χ3v) is 5.67. The second-order valence-corrected chi connectivity index (χ2v) is 8.11. The number of alkyl halides is 2. The van der Waals surface area contributed by atoms with Crippen molar-refractivity contribution in [3.05, 3.63) is 71.7 Å². The van der Waals surface area contributed by atoms with Crippen molar-refractivity contribution in [3.8, 4) is 6.07 Å². The first-order valence-electron chi connectivity index (χ1n) is 10.6. The maximum absolute atomic E-state index is 13.6. The van der Waals surface area contributed by atoms with Gasteiger partial charge in [-0.3, -0.25) is 19.6 Å². The lowest BCUT2D eigenvalue weighted by atomic mass is 10.0. The summed E-state index contributed by atoms with van der Waals surface area (Å²) in [6.07, 6.45) is 6.19. The summed E-state index contributed by atoms with van der Waals surface area (Å²) in [5, 5.41) is 12.2. The molecule has 1 N–H and O–H groups in total. The van der Waals surface area contributed by atoms with Gasteiger partial charge in [-0.15, -0.1) is 0 Å². The normalized spacial score (nSPS) is 17.4. The van der Waals surface area contributed by atoms with E-state index in [1.54, 1.807) is 24.5 Å². The monoisotopic (exact) mass is 461 g/mol. The lowest BCUT2D eigenvalue weighted by Crippen LogP contribution is -2.43. The van der Waals surface area contributed by atoms with Crippen LogP contribution in [0, 0.1) is 11.3 Å². The average Bonchev–Trinajstić information content (AvgIpc) is 3.17. The van der Waals surface area contributed by atoms with Gasteiger partial charge in [0.2, 0.25) is 5.91 Å². The van der Waals surface area contributed by atoms with E-state index in [-0.39, 0.29) is 0 Å². The number of rotatable bonds is 5. The number of nitrogens with zero attached hydrogens (tertiary/aromatic N) is 4. The number of aromatic nitrogens is 2. The molecule has 0 aliphatic carbocycles. The van der Waals surface area contributed by atoms with Crippen LogP contribution in [-0.4, -0.2) is 51.7 Å². The van der Waals surface area contributed by atoms with E-state index in [0.717, 1.165) is 21.6 Å². The Morgan fingerprint density at radius 2 is 2.00 bits per heavy atom. The van der Waals surface area contributed by atoms with Crippen molar-refractivity contribution >= 4 is 34.4 Å². The molecule has 34 heavy (non-hydrogen) atoms. The fourth-order valence-corrected chi connectivity index (χ4v) is 3.95. The molecule has 4 rings (SSSR count). The van der Waals surface area contributed by atoms with Crippen molar-refractivity contribution in [3.63, 3.8) is 0 Å². The van der Waals surface area contributed by atoms with Crippen molar-refractivity contribution in [2.45, 2.75) is 25.3 Å². The first kappa shape index (κ1) is 23.0. The Morgan fingerprint density at radius 3 is 2.74 bits per heavy atom. The first-order chi connectivity index (χ1) is 16.3. The zero-order valence-corrected chi connectivity index (χ0v) is 18.3. The summed E-state index contributed by atoms with van der Waals surface area (Å²) < 4.78 is 27.2. The number of fused-ring (bicyclic) bond motifs is 1. The highest BCUT2D eigenvalue weighted by atomic mass is 19.3. The average molecular weight is 461 g/mol. The molecular formula is C25H21F2N5O2. The Hall–Kier alpha value is -4.19. The van der Waals surface area contributed by atoms with Crippen LogP contribution in [0.25, 0.3) is 22.6 Å². The van der Waals surface area contributed by atoms with Crippen LogP contribution in [0.4, 0.5) is 8.78 Å². The molecule has 2 amide bonds. The number of likely N-dealkylation sites (tertiary alicyclic amines) is 1. The predicted octanol–water partition coefficient (Wildman–Crippen LogP) is 3.68. The van der Waals surface area contributed by atoms with Gasteiger partial charge in [0, 0.05) is 30.4 Å². The van der Waals surface area contributed by atoms with Crippen molar-refractivity contribution in [1.82, 2.24) is 20.2 Å². The number of hydrogen-bond donors (Lipinski definition) is 1. The number of hydrogen-bond acceptors (Lipinski definition) is 5. The van der Waals surface area contributed by atoms with Crippen LogP contribution in [0.1, 0.15) is 34.8 Å². The minimum atomic E-state index is -3.11. The van der Waals surface area contributed by atoms with E-state index in [4.69, 9.17) is 5.26 Å². The molecule has 1 atom stereocenters. The zero-order chi connectivity index (χ0) is 24.3. The van der Waals surface area contributed by atoms with Gasteiger partial charge in [-0.2, -0.15) is 5.26 Å². The van der Waals surface area contributed by atoms with Gasteiger partial charge >= 0.3 is 0 Å². The fraction of sp³-hybridized carbons (Fsp3) is 0.240. The largest absolute Gasteiger partial charge is 0.343 e. The number of allylic oxidation sites excluding steroid dienone is 1. The topological polar surface area (TPSA) is 99.0 Å². The van der Waals surface area contributed by atoms with Crippen LogP contribution in [0.2, 0.25) is 0 Å². The van der Waals surface area contributed by atoms with E-state index in [9.17, 15) is 18.4 Å². The summed E-state index contributed by atoms with van der Waals surface area (Å²) in [6, 6.07) is 11.4. The molecule has 0 spiro atoms. The standard InChI is InChI=1S/C25H21F2N5O2/c1-16(18-4-7-29-8-5-18)10-17-2-3-22-21(11-17)20(6-9-30-22)24(34)31-14-23(33)32-15-25(26,27)12-19(32)13-28/h2-11,19H,12,14-15H2,1H3,(H,31,34). The lowest BCUT2D eigenvalue weighted by molar-refractivity contribution is -0.131. The molecule has 1 unspecified atom stereocenters. The highest BCUT2D eigenvalue weighted by Crippen LogP contribution is 2.31. The highest BCUT2D eigenvalue weighted by molar-refractivity contribution is 6.07. The van der Waals surface area contributed by atoms with Crippen LogP contribution in [0.5, 0.6) is 0 Å². The van der Waals surface area contributed by atoms with Gasteiger partial charge in [0.1, 0.15) is 6.04 Å². The van der Waals surface area contributed by atoms with E-state index < -0.39 is 43.3 Å². The van der Waals surface area contributed by atoms with Crippen LogP contribution < -0.4 is 5.32 Å². The quantitative estimate of drug-likeness (QED) is 0.625. The molecule has 172 valence electrons. The number of nitrogens with one attached hydrogen (secondary N) is 1. The Labute approximate surface area is 194 Å². The van der Waals surface area contributed by atoms with Crippen LogP contribution in [-0.2, 0) is 4.79 Å². The molecule has 7 nitrogen and oxygen atoms in total. The molecule has 1 saturated heterocycles. The minimum Gasteiger partial charge on any atom is -0.343 e. The summed E-state index contributed by atoms with van der Waals surface area (Å²) in [5.74, 6) is -4.38. The Kier molecular flexibility index (Phi) is 6.32. The summed E-state index contributed by atoms with van der Waals surface area (Å²) in [6.45, 7) is 0.653. The molecule has 3 aromatic rings. The van der Waals surface area contributed by atoms with Crippen molar-refractivity contribution < 1.29 is 18.4 Å². The molecule has 1 aliphatic heterocycles. The third kappa shape index (κ3) is 4.91. The maximum atomic E-state index is 13.6. The van der Waals surface area contributed by atoms with Gasteiger partial charge in [0.15, 0.2) is 0 Å². The summed E-state index contributed by atoms with van der Waals surface area (Å²) >= 11 is 0. The number of nitriles is 1. The van der Waals surface area contributed by atoms with Gasteiger partial charge in [-0.1, -0.05) is 12.1 Å². The molecule has 3 heterocycles. The SMILES string of the molecule is CC(=Cc1ccc2nccc(C(=O)NCC(=O)N3CC(F)(F)CC3C#N)c2c1)c1ccncc1. The number of pyridine rings is 2. The van der Waals surface area contributed by atoms with Gasteiger partial charge < -0.3 is 10.2 Å². The second kappa shape index (κ2) is 9.35. The summed E-state index contributed by atoms with van der Waals surface area (Å²) in [7, 11) is 0. The van der Waals surface area contributed by atoms with E-state index >= 15 is 0 Å². The number of benzene rings is 1.